The van der Waals surface area contributed by atoms with Crippen LogP contribution in [0.25, 0.3) is 16.8 Å². The molecule has 1 unspecified atom stereocenters. The lowest BCUT2D eigenvalue weighted by Gasteiger charge is -2.20. The Morgan fingerprint density at radius 2 is 2.05 bits per heavy atom. The Morgan fingerprint density at radius 3 is 2.76 bits per heavy atom. The summed E-state index contributed by atoms with van der Waals surface area (Å²) in [5.74, 6) is 1.13. The smallest absolute Gasteiger partial charge is 0.335 e. The van der Waals surface area contributed by atoms with Crippen LogP contribution < -0.4 is 20.1 Å². The number of nitrogens with zero attached hydrogens (tertiary/aromatic N) is 3. The molecular formula is C28H29N5O5. The fraction of sp³-hybridized carbons (Fsp3) is 0.286. The lowest BCUT2D eigenvalue weighted by Crippen LogP contribution is -2.35. The predicted octanol–water partition coefficient (Wildman–Crippen LogP) is 4.03. The molecule has 1 amide bonds. The van der Waals surface area contributed by atoms with Gasteiger partial charge < -0.3 is 25.2 Å². The minimum absolute atomic E-state index is 0.0543. The van der Waals surface area contributed by atoms with Gasteiger partial charge in [-0.2, -0.15) is 0 Å². The standard InChI is InChI=1S/C28H29N5O5/c1-16-13-17(7-9-20(16)28(35)36)23-24-25(31-15-18-6-8-19(37-2)14-22(18)38-3)29-11-12-33(24)26(32-23)21-5-4-10-30-27(21)34/h6-9,11-14,21H,4-5,10,15H2,1-3H3,(H,29,31)(H,30,34)(H,35,36). The third-order valence-corrected chi connectivity index (χ3v) is 6.85. The molecule has 0 radical (unpaired) electrons. The van der Waals surface area contributed by atoms with Gasteiger partial charge in [-0.3, -0.25) is 9.20 Å². The Kier molecular flexibility index (Phi) is 6.87. The normalized spacial score (nSPS) is 15.2. The average molecular weight is 516 g/mol. The van der Waals surface area contributed by atoms with Gasteiger partial charge in [0.1, 0.15) is 28.5 Å². The molecule has 5 rings (SSSR count). The maximum absolute atomic E-state index is 12.8. The van der Waals surface area contributed by atoms with Gasteiger partial charge in [-0.1, -0.05) is 6.07 Å². The molecule has 0 spiro atoms. The number of methoxy groups -OCH3 is 2. The third-order valence-electron chi connectivity index (χ3n) is 6.85. The highest BCUT2D eigenvalue weighted by Crippen LogP contribution is 2.35. The number of carbonyl (C=O) groups excluding carboxylic acids is 1. The van der Waals surface area contributed by atoms with E-state index in [2.05, 4.69) is 15.6 Å². The summed E-state index contributed by atoms with van der Waals surface area (Å²) < 4.78 is 12.8. The number of nitrogens with one attached hydrogen (secondary N) is 2. The van der Waals surface area contributed by atoms with Crippen molar-refractivity contribution in [3.63, 3.8) is 0 Å². The molecule has 1 aliphatic rings. The molecule has 3 heterocycles. The predicted molar refractivity (Wildman–Crippen MR) is 142 cm³/mol. The molecule has 1 atom stereocenters. The molecule has 10 heteroatoms. The van der Waals surface area contributed by atoms with Crippen LogP contribution in [-0.2, 0) is 11.3 Å². The van der Waals surface area contributed by atoms with Crippen molar-refractivity contribution in [1.82, 2.24) is 19.7 Å². The Morgan fingerprint density at radius 1 is 1.21 bits per heavy atom. The van der Waals surface area contributed by atoms with Crippen LogP contribution in [0.15, 0.2) is 48.8 Å². The molecule has 0 saturated carbocycles. The Labute approximate surface area is 219 Å². The topological polar surface area (TPSA) is 127 Å². The van der Waals surface area contributed by atoms with E-state index < -0.39 is 11.9 Å². The Bertz CT molecular complexity index is 1530. The summed E-state index contributed by atoms with van der Waals surface area (Å²) in [5, 5.41) is 15.9. The molecule has 38 heavy (non-hydrogen) atoms. The second-order valence-corrected chi connectivity index (χ2v) is 9.17. The van der Waals surface area contributed by atoms with E-state index in [0.717, 1.165) is 17.5 Å². The van der Waals surface area contributed by atoms with Crippen LogP contribution in [0, 0.1) is 6.92 Å². The number of benzene rings is 2. The SMILES string of the molecule is COc1ccc(CNc2nccn3c(C4CCCNC4=O)nc(-c4ccc(C(=O)O)c(C)c4)c23)c(OC)c1. The Balaban J connectivity index is 1.62. The highest BCUT2D eigenvalue weighted by atomic mass is 16.5. The summed E-state index contributed by atoms with van der Waals surface area (Å²) in [4.78, 5) is 34.0. The molecule has 1 fully saturated rings. The van der Waals surface area contributed by atoms with Crippen molar-refractivity contribution in [3.05, 3.63) is 71.3 Å². The van der Waals surface area contributed by atoms with Gasteiger partial charge in [-0.05, 0) is 49.6 Å². The number of ether oxygens (including phenoxy) is 2. The third kappa shape index (κ3) is 4.60. The molecule has 2 aromatic heterocycles. The first-order chi connectivity index (χ1) is 18.4. The van der Waals surface area contributed by atoms with Crippen molar-refractivity contribution in [1.29, 1.82) is 0 Å². The number of carbonyl (C=O) groups is 2. The van der Waals surface area contributed by atoms with Crippen molar-refractivity contribution >= 4 is 23.2 Å². The number of rotatable bonds is 8. The van der Waals surface area contributed by atoms with Crippen molar-refractivity contribution in [2.45, 2.75) is 32.2 Å². The molecule has 4 aromatic rings. The second-order valence-electron chi connectivity index (χ2n) is 9.17. The van der Waals surface area contributed by atoms with Gasteiger partial charge in [0, 0.05) is 42.7 Å². The molecular weight excluding hydrogens is 486 g/mol. The van der Waals surface area contributed by atoms with Crippen molar-refractivity contribution in [3.8, 4) is 22.8 Å². The number of carboxylic acid groups (broad SMARTS) is 1. The van der Waals surface area contributed by atoms with E-state index >= 15 is 0 Å². The largest absolute Gasteiger partial charge is 0.497 e. The van der Waals surface area contributed by atoms with Gasteiger partial charge in [-0.15, -0.1) is 0 Å². The zero-order valence-corrected chi connectivity index (χ0v) is 21.4. The molecule has 2 aromatic carbocycles. The number of imidazole rings is 1. The van der Waals surface area contributed by atoms with Gasteiger partial charge in [0.05, 0.1) is 25.7 Å². The van der Waals surface area contributed by atoms with E-state index in [1.54, 1.807) is 51.7 Å². The number of aromatic carboxylic acids is 1. The summed E-state index contributed by atoms with van der Waals surface area (Å²) in [5.41, 5.74) is 3.82. The van der Waals surface area contributed by atoms with E-state index in [9.17, 15) is 14.7 Å². The second kappa shape index (κ2) is 10.4. The van der Waals surface area contributed by atoms with Crippen LogP contribution in [0.3, 0.4) is 0 Å². The molecule has 1 aliphatic heterocycles. The summed E-state index contributed by atoms with van der Waals surface area (Å²) in [6.45, 7) is 2.83. The summed E-state index contributed by atoms with van der Waals surface area (Å²) >= 11 is 0. The zero-order valence-electron chi connectivity index (χ0n) is 21.4. The molecule has 10 nitrogen and oxygen atoms in total. The summed E-state index contributed by atoms with van der Waals surface area (Å²) in [6, 6.07) is 10.7. The first-order valence-corrected chi connectivity index (χ1v) is 12.3. The van der Waals surface area contributed by atoms with Crippen LogP contribution in [-0.4, -0.2) is 52.1 Å². The van der Waals surface area contributed by atoms with Crippen molar-refractivity contribution in [2.24, 2.45) is 0 Å². The minimum atomic E-state index is -0.985. The number of fused-ring (bicyclic) bond motifs is 1. The highest BCUT2D eigenvalue weighted by Gasteiger charge is 2.30. The maximum atomic E-state index is 12.8. The maximum Gasteiger partial charge on any atom is 0.335 e. The quantitative estimate of drug-likeness (QED) is 0.321. The van der Waals surface area contributed by atoms with Gasteiger partial charge in [0.15, 0.2) is 5.82 Å². The van der Waals surface area contributed by atoms with Crippen LogP contribution in [0.1, 0.15) is 46.1 Å². The molecule has 0 aliphatic carbocycles. The lowest BCUT2D eigenvalue weighted by atomic mass is 9.98. The molecule has 196 valence electrons. The van der Waals surface area contributed by atoms with Crippen LogP contribution in [0.2, 0.25) is 0 Å². The number of aromatic nitrogens is 3. The van der Waals surface area contributed by atoms with Crippen LogP contribution in [0.5, 0.6) is 11.5 Å². The molecule has 1 saturated heterocycles. The summed E-state index contributed by atoms with van der Waals surface area (Å²) in [7, 11) is 3.21. The molecule has 0 bridgehead atoms. The minimum Gasteiger partial charge on any atom is -0.497 e. The van der Waals surface area contributed by atoms with E-state index in [-0.39, 0.29) is 11.5 Å². The Hall–Kier alpha value is -4.60. The van der Waals surface area contributed by atoms with Gasteiger partial charge in [0.25, 0.3) is 0 Å². The average Bonchev–Trinajstić information content (AvgIpc) is 3.32. The van der Waals surface area contributed by atoms with Crippen LogP contribution >= 0.6 is 0 Å². The number of piperidine rings is 1. The number of carboxylic acids is 1. The van der Waals surface area contributed by atoms with E-state index in [1.165, 1.54) is 0 Å². The number of anilines is 1. The number of hydrogen-bond acceptors (Lipinski definition) is 7. The van der Waals surface area contributed by atoms with Gasteiger partial charge >= 0.3 is 5.97 Å². The number of amides is 1. The fourth-order valence-corrected chi connectivity index (χ4v) is 4.89. The first-order valence-electron chi connectivity index (χ1n) is 12.3. The van der Waals surface area contributed by atoms with E-state index in [0.29, 0.717) is 59.4 Å². The van der Waals surface area contributed by atoms with E-state index in [1.807, 2.05) is 22.6 Å². The first kappa shape index (κ1) is 25.1. The summed E-state index contributed by atoms with van der Waals surface area (Å²) in [6.07, 6.45) is 5.03. The van der Waals surface area contributed by atoms with Crippen molar-refractivity contribution in [2.75, 3.05) is 26.1 Å². The van der Waals surface area contributed by atoms with Crippen molar-refractivity contribution < 1.29 is 24.2 Å². The highest BCUT2D eigenvalue weighted by molar-refractivity contribution is 5.93. The van der Waals surface area contributed by atoms with Gasteiger partial charge in [-0.25, -0.2) is 14.8 Å². The lowest BCUT2D eigenvalue weighted by molar-refractivity contribution is -0.124. The number of hydrogen-bond donors (Lipinski definition) is 3. The number of aryl methyl sites for hydroxylation is 1. The van der Waals surface area contributed by atoms with Crippen LogP contribution in [0.4, 0.5) is 5.82 Å². The zero-order chi connectivity index (χ0) is 26.8. The molecule has 3 N–H and O–H groups in total. The monoisotopic (exact) mass is 515 g/mol. The van der Waals surface area contributed by atoms with E-state index in [4.69, 9.17) is 14.5 Å². The van der Waals surface area contributed by atoms with Gasteiger partial charge in [0.2, 0.25) is 5.91 Å². The fourth-order valence-electron chi connectivity index (χ4n) is 4.89.